The molecule has 2 N–H and O–H groups in total. The van der Waals surface area contributed by atoms with Gasteiger partial charge in [0.05, 0.1) is 0 Å². The van der Waals surface area contributed by atoms with Gasteiger partial charge >= 0.3 is 0 Å². The minimum Gasteiger partial charge on any atom is -0.385 e. The van der Waals surface area contributed by atoms with Crippen molar-refractivity contribution in [2.75, 3.05) is 26.8 Å². The van der Waals surface area contributed by atoms with Crippen LogP contribution >= 0.6 is 0 Å². The van der Waals surface area contributed by atoms with E-state index in [0.29, 0.717) is 0 Å². The van der Waals surface area contributed by atoms with Crippen LogP contribution in [0.1, 0.15) is 12.0 Å². The van der Waals surface area contributed by atoms with E-state index >= 15 is 0 Å². The van der Waals surface area contributed by atoms with Crippen LogP contribution in [0.15, 0.2) is 30.5 Å². The lowest BCUT2D eigenvalue weighted by atomic mass is 10.1. The number of methoxy groups -OCH3 is 1. The van der Waals surface area contributed by atoms with Crippen LogP contribution in [-0.2, 0) is 11.2 Å². The Morgan fingerprint density at radius 2 is 2.12 bits per heavy atom. The number of ether oxygens (including phenoxy) is 1. The highest BCUT2D eigenvalue weighted by Crippen LogP contribution is 2.17. The molecule has 0 radical (unpaired) electrons. The summed E-state index contributed by atoms with van der Waals surface area (Å²) in [6.07, 6.45) is 4.25. The van der Waals surface area contributed by atoms with E-state index in [4.69, 9.17) is 4.74 Å². The molecule has 0 aliphatic heterocycles. The standard InChI is InChI=1S/C14H20N2O/c1-17-10-4-8-15-9-7-12-11-16-14-6-3-2-5-13(12)14/h2-3,5-6,11,15-16H,4,7-10H2,1H3. The molecule has 0 saturated heterocycles. The third kappa shape index (κ3) is 3.32. The number of benzene rings is 1. The van der Waals surface area contributed by atoms with E-state index in [2.05, 4.69) is 40.8 Å². The van der Waals surface area contributed by atoms with Gasteiger partial charge < -0.3 is 15.0 Å². The lowest BCUT2D eigenvalue weighted by Crippen LogP contribution is -2.19. The van der Waals surface area contributed by atoms with Crippen molar-refractivity contribution >= 4 is 10.9 Å². The van der Waals surface area contributed by atoms with E-state index in [-0.39, 0.29) is 0 Å². The van der Waals surface area contributed by atoms with Crippen LogP contribution in [0.3, 0.4) is 0 Å². The van der Waals surface area contributed by atoms with Crippen LogP contribution in [-0.4, -0.2) is 31.8 Å². The summed E-state index contributed by atoms with van der Waals surface area (Å²) in [6.45, 7) is 2.88. The molecular formula is C14H20N2O. The lowest BCUT2D eigenvalue weighted by molar-refractivity contribution is 0.194. The topological polar surface area (TPSA) is 37.0 Å². The first-order chi connectivity index (χ1) is 8.42. The summed E-state index contributed by atoms with van der Waals surface area (Å²) >= 11 is 0. The smallest absolute Gasteiger partial charge is 0.0474 e. The number of nitrogens with one attached hydrogen (secondary N) is 2. The second-order valence-corrected chi connectivity index (χ2v) is 4.21. The molecule has 0 bridgehead atoms. The molecule has 3 nitrogen and oxygen atoms in total. The first-order valence-electron chi connectivity index (χ1n) is 6.16. The van der Waals surface area contributed by atoms with E-state index in [0.717, 1.165) is 32.5 Å². The van der Waals surface area contributed by atoms with Gasteiger partial charge in [0.1, 0.15) is 0 Å². The molecule has 0 amide bonds. The Hall–Kier alpha value is -1.32. The maximum Gasteiger partial charge on any atom is 0.0474 e. The van der Waals surface area contributed by atoms with Gasteiger partial charge in [-0.1, -0.05) is 18.2 Å². The van der Waals surface area contributed by atoms with Gasteiger partial charge in [-0.2, -0.15) is 0 Å². The molecule has 0 spiro atoms. The zero-order chi connectivity index (χ0) is 11.9. The average Bonchev–Trinajstić information content (AvgIpc) is 2.77. The largest absolute Gasteiger partial charge is 0.385 e. The van der Waals surface area contributed by atoms with Gasteiger partial charge in [0.2, 0.25) is 0 Å². The van der Waals surface area contributed by atoms with Crippen LogP contribution < -0.4 is 5.32 Å². The molecule has 0 atom stereocenters. The molecule has 0 saturated carbocycles. The van der Waals surface area contributed by atoms with Crippen molar-refractivity contribution in [3.63, 3.8) is 0 Å². The Balaban J connectivity index is 1.79. The van der Waals surface area contributed by atoms with Gasteiger partial charge in [0.15, 0.2) is 0 Å². The molecule has 17 heavy (non-hydrogen) atoms. The molecule has 0 unspecified atom stereocenters. The number of para-hydroxylation sites is 1. The number of aromatic nitrogens is 1. The van der Waals surface area contributed by atoms with E-state index in [1.54, 1.807) is 7.11 Å². The highest BCUT2D eigenvalue weighted by Gasteiger charge is 2.01. The van der Waals surface area contributed by atoms with Gasteiger partial charge in [0, 0.05) is 30.8 Å². The number of hydrogen-bond acceptors (Lipinski definition) is 2. The van der Waals surface area contributed by atoms with Crippen molar-refractivity contribution in [3.05, 3.63) is 36.0 Å². The summed E-state index contributed by atoms with van der Waals surface area (Å²) in [5, 5.41) is 4.77. The van der Waals surface area contributed by atoms with Crippen LogP contribution in [0.2, 0.25) is 0 Å². The minimum atomic E-state index is 0.833. The van der Waals surface area contributed by atoms with Crippen molar-refractivity contribution in [3.8, 4) is 0 Å². The van der Waals surface area contributed by atoms with Crippen molar-refractivity contribution in [1.29, 1.82) is 0 Å². The van der Waals surface area contributed by atoms with Crippen molar-refractivity contribution < 1.29 is 4.74 Å². The fraction of sp³-hybridized carbons (Fsp3) is 0.429. The number of rotatable bonds is 7. The predicted molar refractivity (Wildman–Crippen MR) is 71.4 cm³/mol. The number of aromatic amines is 1. The monoisotopic (exact) mass is 232 g/mol. The summed E-state index contributed by atoms with van der Waals surface area (Å²) in [7, 11) is 1.74. The minimum absolute atomic E-state index is 0.833. The molecule has 0 aliphatic rings. The summed E-state index contributed by atoms with van der Waals surface area (Å²) < 4.78 is 5.01. The fourth-order valence-corrected chi connectivity index (χ4v) is 2.03. The number of H-pyrrole nitrogens is 1. The highest BCUT2D eigenvalue weighted by molar-refractivity contribution is 5.83. The van der Waals surface area contributed by atoms with Gasteiger partial charge in [-0.3, -0.25) is 0 Å². The van der Waals surface area contributed by atoms with Crippen LogP contribution in [0.5, 0.6) is 0 Å². The van der Waals surface area contributed by atoms with Crippen molar-refractivity contribution in [2.24, 2.45) is 0 Å². The van der Waals surface area contributed by atoms with Crippen LogP contribution in [0.25, 0.3) is 10.9 Å². The Bertz CT molecular complexity index is 450. The molecule has 2 rings (SSSR count). The normalized spacial score (nSPS) is 11.1. The van der Waals surface area contributed by atoms with E-state index in [1.807, 2.05) is 0 Å². The van der Waals surface area contributed by atoms with Crippen LogP contribution in [0, 0.1) is 0 Å². The van der Waals surface area contributed by atoms with Crippen molar-refractivity contribution in [2.45, 2.75) is 12.8 Å². The van der Waals surface area contributed by atoms with Crippen LogP contribution in [0.4, 0.5) is 0 Å². The third-order valence-electron chi connectivity index (χ3n) is 2.95. The SMILES string of the molecule is COCCCNCCc1c[nH]c2ccccc12. The fourth-order valence-electron chi connectivity index (χ4n) is 2.03. The van der Waals surface area contributed by atoms with Crippen molar-refractivity contribution in [1.82, 2.24) is 10.3 Å². The molecule has 1 heterocycles. The summed E-state index contributed by atoms with van der Waals surface area (Å²) in [6, 6.07) is 8.44. The van der Waals surface area contributed by atoms with Gasteiger partial charge in [-0.05, 0) is 37.6 Å². The Morgan fingerprint density at radius 1 is 1.24 bits per heavy atom. The van der Waals surface area contributed by atoms with Gasteiger partial charge in [0.25, 0.3) is 0 Å². The highest BCUT2D eigenvalue weighted by atomic mass is 16.5. The Kier molecular flexibility index (Phi) is 4.59. The molecule has 1 aromatic carbocycles. The maximum absolute atomic E-state index is 5.01. The summed E-state index contributed by atoms with van der Waals surface area (Å²) in [4.78, 5) is 3.30. The molecule has 0 fully saturated rings. The first-order valence-corrected chi connectivity index (χ1v) is 6.16. The molecule has 2 aromatic rings. The number of fused-ring (bicyclic) bond motifs is 1. The van der Waals surface area contributed by atoms with Gasteiger partial charge in [-0.15, -0.1) is 0 Å². The average molecular weight is 232 g/mol. The van der Waals surface area contributed by atoms with E-state index in [1.165, 1.54) is 16.5 Å². The second kappa shape index (κ2) is 6.42. The summed E-state index contributed by atoms with van der Waals surface area (Å²) in [5.41, 5.74) is 2.61. The zero-order valence-corrected chi connectivity index (χ0v) is 10.3. The second-order valence-electron chi connectivity index (χ2n) is 4.21. The third-order valence-corrected chi connectivity index (χ3v) is 2.95. The molecule has 3 heteroatoms. The number of hydrogen-bond donors (Lipinski definition) is 2. The maximum atomic E-state index is 5.01. The molecule has 92 valence electrons. The lowest BCUT2D eigenvalue weighted by Gasteiger charge is -2.03. The Morgan fingerprint density at radius 3 is 3.00 bits per heavy atom. The summed E-state index contributed by atoms with van der Waals surface area (Å²) in [5.74, 6) is 0. The molecule has 0 aliphatic carbocycles. The quantitative estimate of drug-likeness (QED) is 0.719. The predicted octanol–water partition coefficient (Wildman–Crippen LogP) is 2.34. The zero-order valence-electron chi connectivity index (χ0n) is 10.3. The van der Waals surface area contributed by atoms with E-state index < -0.39 is 0 Å². The Labute approximate surface area is 102 Å². The van der Waals surface area contributed by atoms with E-state index in [9.17, 15) is 0 Å². The molecular weight excluding hydrogens is 212 g/mol. The molecule has 1 aromatic heterocycles. The van der Waals surface area contributed by atoms with Gasteiger partial charge in [-0.25, -0.2) is 0 Å². The first kappa shape index (κ1) is 12.1.